The van der Waals surface area contributed by atoms with Gasteiger partial charge < -0.3 is 20.1 Å². The predicted molar refractivity (Wildman–Crippen MR) is 111 cm³/mol. The van der Waals surface area contributed by atoms with Crippen molar-refractivity contribution in [2.45, 2.75) is 0 Å². The Labute approximate surface area is 182 Å². The first-order valence-corrected chi connectivity index (χ1v) is 9.37. The number of rotatable bonds is 8. The largest absolute Gasteiger partial charge is 0.496 e. The van der Waals surface area contributed by atoms with Crippen LogP contribution in [0.25, 0.3) is 5.69 Å². The van der Waals surface area contributed by atoms with Crippen LogP contribution in [0.4, 0.5) is 5.69 Å². The number of carbonyl (C=O) groups is 3. The van der Waals surface area contributed by atoms with Crippen molar-refractivity contribution in [1.29, 1.82) is 0 Å². The van der Waals surface area contributed by atoms with Crippen LogP contribution in [0.1, 0.15) is 10.4 Å². The number of carbonyl (C=O) groups excluding carboxylic acids is 3. The molecule has 1 aromatic heterocycles. The van der Waals surface area contributed by atoms with Crippen LogP contribution in [0.2, 0.25) is 5.02 Å². The molecule has 0 saturated carbocycles. The summed E-state index contributed by atoms with van der Waals surface area (Å²) >= 11 is 6.00. The van der Waals surface area contributed by atoms with E-state index in [4.69, 9.17) is 21.1 Å². The lowest BCUT2D eigenvalue weighted by Crippen LogP contribution is -2.32. The molecule has 160 valence electrons. The van der Waals surface area contributed by atoms with Gasteiger partial charge in [-0.1, -0.05) is 23.7 Å². The van der Waals surface area contributed by atoms with Gasteiger partial charge in [-0.05, 0) is 30.3 Å². The van der Waals surface area contributed by atoms with Crippen molar-refractivity contribution in [3.8, 4) is 11.4 Å². The van der Waals surface area contributed by atoms with Gasteiger partial charge in [0.15, 0.2) is 6.61 Å². The van der Waals surface area contributed by atoms with E-state index in [2.05, 4.69) is 20.7 Å². The Balaban J connectivity index is 1.52. The summed E-state index contributed by atoms with van der Waals surface area (Å²) in [5.41, 5.74) is 1.17. The van der Waals surface area contributed by atoms with E-state index in [1.807, 2.05) is 0 Å². The van der Waals surface area contributed by atoms with Crippen LogP contribution in [-0.4, -0.2) is 52.8 Å². The fraction of sp³-hybridized carbons (Fsp3) is 0.150. The van der Waals surface area contributed by atoms with E-state index in [9.17, 15) is 14.4 Å². The van der Waals surface area contributed by atoms with E-state index in [1.54, 1.807) is 36.4 Å². The van der Waals surface area contributed by atoms with E-state index < -0.39 is 30.9 Å². The average Bonchev–Trinajstić information content (AvgIpc) is 3.30. The predicted octanol–water partition coefficient (Wildman–Crippen LogP) is 1.84. The van der Waals surface area contributed by atoms with Crippen molar-refractivity contribution < 1.29 is 23.9 Å². The van der Waals surface area contributed by atoms with E-state index in [-0.39, 0.29) is 5.56 Å². The number of amides is 2. The fourth-order valence-corrected chi connectivity index (χ4v) is 2.78. The number of anilines is 1. The Morgan fingerprint density at radius 2 is 1.97 bits per heavy atom. The zero-order valence-electron chi connectivity index (χ0n) is 16.4. The summed E-state index contributed by atoms with van der Waals surface area (Å²) in [6.07, 6.45) is 2.81. The highest BCUT2D eigenvalue weighted by Crippen LogP contribution is 2.23. The maximum atomic E-state index is 12.2. The Hall–Kier alpha value is -3.92. The van der Waals surface area contributed by atoms with Gasteiger partial charge >= 0.3 is 5.97 Å². The van der Waals surface area contributed by atoms with Gasteiger partial charge in [-0.2, -0.15) is 5.10 Å². The second-order valence-corrected chi connectivity index (χ2v) is 6.53. The van der Waals surface area contributed by atoms with Crippen LogP contribution in [0.5, 0.6) is 5.75 Å². The van der Waals surface area contributed by atoms with Crippen LogP contribution >= 0.6 is 11.6 Å². The number of hydrogen-bond donors (Lipinski definition) is 2. The summed E-state index contributed by atoms with van der Waals surface area (Å²) in [5, 5.41) is 9.44. The molecule has 0 aliphatic rings. The van der Waals surface area contributed by atoms with Crippen molar-refractivity contribution in [2.24, 2.45) is 0 Å². The highest BCUT2D eigenvalue weighted by atomic mass is 35.5. The number of nitrogens with one attached hydrogen (secondary N) is 2. The molecule has 0 bridgehead atoms. The third kappa shape index (κ3) is 5.80. The zero-order chi connectivity index (χ0) is 22.2. The quantitative estimate of drug-likeness (QED) is 0.509. The molecule has 0 fully saturated rings. The summed E-state index contributed by atoms with van der Waals surface area (Å²) in [5.74, 6) is -1.50. The lowest BCUT2D eigenvalue weighted by Gasteiger charge is -2.12. The van der Waals surface area contributed by atoms with Gasteiger partial charge in [0.05, 0.1) is 24.0 Å². The average molecular weight is 444 g/mol. The monoisotopic (exact) mass is 443 g/mol. The summed E-state index contributed by atoms with van der Waals surface area (Å²) < 4.78 is 11.5. The van der Waals surface area contributed by atoms with Gasteiger partial charge in [-0.3, -0.25) is 14.4 Å². The standard InChI is InChI=1S/C20H18ClN5O5/c1-30-17-5-3-2-4-14(17)20(29)23-9-19(28)31-10-18(27)25-15-8-13(21)6-7-16(15)26-12-22-11-24-26/h2-8,11-12H,9-10H2,1H3,(H,23,29)(H,25,27). The Morgan fingerprint density at radius 1 is 1.16 bits per heavy atom. The summed E-state index contributed by atoms with van der Waals surface area (Å²) in [6.45, 7) is -0.960. The van der Waals surface area contributed by atoms with Crippen LogP contribution < -0.4 is 15.4 Å². The maximum absolute atomic E-state index is 12.2. The molecule has 0 radical (unpaired) electrons. The van der Waals surface area contributed by atoms with Gasteiger partial charge in [0, 0.05) is 5.02 Å². The normalized spacial score (nSPS) is 10.3. The number of aromatic nitrogens is 3. The number of methoxy groups -OCH3 is 1. The van der Waals surface area contributed by atoms with E-state index in [0.29, 0.717) is 22.1 Å². The maximum Gasteiger partial charge on any atom is 0.325 e. The first-order chi connectivity index (χ1) is 15.0. The number of para-hydroxylation sites is 1. The summed E-state index contributed by atoms with van der Waals surface area (Å²) in [7, 11) is 1.44. The van der Waals surface area contributed by atoms with Crippen molar-refractivity contribution in [1.82, 2.24) is 20.1 Å². The fourth-order valence-electron chi connectivity index (χ4n) is 2.60. The smallest absolute Gasteiger partial charge is 0.325 e. The molecule has 2 amide bonds. The molecule has 0 unspecified atom stereocenters. The van der Waals surface area contributed by atoms with Crippen molar-refractivity contribution in [3.63, 3.8) is 0 Å². The topological polar surface area (TPSA) is 124 Å². The third-order valence-corrected chi connectivity index (χ3v) is 4.24. The lowest BCUT2D eigenvalue weighted by molar-refractivity contribution is -0.146. The molecule has 1 heterocycles. The van der Waals surface area contributed by atoms with Gasteiger partial charge in [0.25, 0.3) is 11.8 Å². The molecule has 11 heteroatoms. The second kappa shape index (κ2) is 10.2. The summed E-state index contributed by atoms with van der Waals surface area (Å²) in [4.78, 5) is 40.2. The van der Waals surface area contributed by atoms with Crippen LogP contribution in [0.3, 0.4) is 0 Å². The Morgan fingerprint density at radius 3 is 2.71 bits per heavy atom. The molecular weight excluding hydrogens is 426 g/mol. The molecule has 3 aromatic rings. The Bertz CT molecular complexity index is 1090. The minimum Gasteiger partial charge on any atom is -0.496 e. The Kier molecular flexibility index (Phi) is 7.17. The number of hydrogen-bond acceptors (Lipinski definition) is 7. The molecule has 3 rings (SSSR count). The molecule has 10 nitrogen and oxygen atoms in total. The zero-order valence-corrected chi connectivity index (χ0v) is 17.1. The SMILES string of the molecule is COc1ccccc1C(=O)NCC(=O)OCC(=O)Nc1cc(Cl)ccc1-n1cncn1. The molecule has 2 N–H and O–H groups in total. The molecule has 31 heavy (non-hydrogen) atoms. The number of nitrogens with zero attached hydrogens (tertiary/aromatic N) is 3. The molecular formula is C20H18ClN5O5. The minimum atomic E-state index is -0.777. The molecule has 0 aliphatic heterocycles. The summed E-state index contributed by atoms with van der Waals surface area (Å²) in [6, 6.07) is 11.4. The van der Waals surface area contributed by atoms with Crippen LogP contribution in [0, 0.1) is 0 Å². The van der Waals surface area contributed by atoms with Gasteiger partial charge in [-0.25, -0.2) is 9.67 Å². The number of ether oxygens (including phenoxy) is 2. The van der Waals surface area contributed by atoms with Gasteiger partial charge in [-0.15, -0.1) is 0 Å². The van der Waals surface area contributed by atoms with E-state index in [1.165, 1.54) is 30.5 Å². The minimum absolute atomic E-state index is 0.275. The number of benzene rings is 2. The highest BCUT2D eigenvalue weighted by molar-refractivity contribution is 6.31. The highest BCUT2D eigenvalue weighted by Gasteiger charge is 2.15. The molecule has 0 spiro atoms. The first kappa shape index (κ1) is 21.8. The lowest BCUT2D eigenvalue weighted by atomic mass is 10.2. The van der Waals surface area contributed by atoms with Gasteiger partial charge in [0.1, 0.15) is 24.9 Å². The number of halogens is 1. The van der Waals surface area contributed by atoms with Crippen molar-refractivity contribution in [3.05, 3.63) is 65.7 Å². The van der Waals surface area contributed by atoms with E-state index in [0.717, 1.165) is 0 Å². The van der Waals surface area contributed by atoms with E-state index >= 15 is 0 Å². The molecule has 0 aliphatic carbocycles. The second-order valence-electron chi connectivity index (χ2n) is 6.09. The number of esters is 1. The first-order valence-electron chi connectivity index (χ1n) is 8.99. The van der Waals surface area contributed by atoms with Crippen molar-refractivity contribution in [2.75, 3.05) is 25.6 Å². The van der Waals surface area contributed by atoms with Crippen molar-refractivity contribution >= 4 is 35.1 Å². The molecule has 0 atom stereocenters. The van der Waals surface area contributed by atoms with Crippen LogP contribution in [0.15, 0.2) is 55.1 Å². The molecule has 0 saturated heterocycles. The third-order valence-electron chi connectivity index (χ3n) is 4.01. The van der Waals surface area contributed by atoms with Gasteiger partial charge in [0.2, 0.25) is 0 Å². The molecule has 2 aromatic carbocycles. The van der Waals surface area contributed by atoms with Crippen LogP contribution in [-0.2, 0) is 14.3 Å².